The monoisotopic (exact) mass is 234 g/mol. The van der Waals surface area contributed by atoms with Crippen molar-refractivity contribution in [1.29, 1.82) is 0 Å². The normalized spacial score (nSPS) is 11.5. The van der Waals surface area contributed by atoms with Gasteiger partial charge in [0.15, 0.2) is 0 Å². The van der Waals surface area contributed by atoms with Gasteiger partial charge in [-0.25, -0.2) is 0 Å². The summed E-state index contributed by atoms with van der Waals surface area (Å²) in [6.45, 7) is 5.70. The molecule has 0 aliphatic rings. The van der Waals surface area contributed by atoms with Crippen molar-refractivity contribution in [1.82, 2.24) is 4.98 Å². The van der Waals surface area contributed by atoms with E-state index in [-0.39, 0.29) is 11.4 Å². The second-order valence-electron chi connectivity index (χ2n) is 3.86. The van der Waals surface area contributed by atoms with E-state index in [1.54, 1.807) is 0 Å². The highest BCUT2D eigenvalue weighted by Crippen LogP contribution is 2.30. The van der Waals surface area contributed by atoms with Crippen LogP contribution < -0.4 is 10.5 Å². The molecule has 1 aromatic rings. The minimum atomic E-state index is -0.364. The zero-order valence-electron chi connectivity index (χ0n) is 8.27. The van der Waals surface area contributed by atoms with Crippen LogP contribution >= 0.6 is 23.2 Å². The summed E-state index contributed by atoms with van der Waals surface area (Å²) in [6.07, 6.45) is 0. The topological polar surface area (TPSA) is 48.1 Å². The van der Waals surface area contributed by atoms with Crippen LogP contribution in [0.3, 0.4) is 0 Å². The third-order valence-corrected chi connectivity index (χ3v) is 1.90. The third-order valence-electron chi connectivity index (χ3n) is 1.33. The molecule has 78 valence electrons. The van der Waals surface area contributed by atoms with Crippen LogP contribution in [0.1, 0.15) is 20.8 Å². The van der Waals surface area contributed by atoms with Gasteiger partial charge in [0.2, 0.25) is 5.88 Å². The molecule has 0 atom stereocenters. The third kappa shape index (κ3) is 2.93. The lowest BCUT2D eigenvalue weighted by Crippen LogP contribution is -2.23. The van der Waals surface area contributed by atoms with E-state index >= 15 is 0 Å². The summed E-state index contributed by atoms with van der Waals surface area (Å²) in [5, 5.41) is 0.690. The molecule has 5 heteroatoms. The molecule has 1 aromatic heterocycles. The van der Waals surface area contributed by atoms with E-state index in [4.69, 9.17) is 33.7 Å². The molecule has 0 radical (unpaired) electrons. The van der Waals surface area contributed by atoms with Crippen LogP contribution in [0.25, 0.3) is 0 Å². The van der Waals surface area contributed by atoms with Crippen LogP contribution in [0.15, 0.2) is 6.07 Å². The first-order valence-corrected chi connectivity index (χ1v) is 4.86. The fourth-order valence-electron chi connectivity index (χ4n) is 0.825. The van der Waals surface area contributed by atoms with Crippen LogP contribution in [-0.2, 0) is 0 Å². The van der Waals surface area contributed by atoms with E-state index < -0.39 is 0 Å². The molecule has 0 aromatic carbocycles. The minimum absolute atomic E-state index is 0.218. The molecule has 3 nitrogen and oxygen atoms in total. The molecule has 1 heterocycles. The van der Waals surface area contributed by atoms with E-state index in [9.17, 15) is 0 Å². The van der Waals surface area contributed by atoms with Crippen molar-refractivity contribution in [3.63, 3.8) is 0 Å². The molecule has 0 aliphatic heterocycles. The summed E-state index contributed by atoms with van der Waals surface area (Å²) in [6, 6.07) is 1.52. The summed E-state index contributed by atoms with van der Waals surface area (Å²) in [4.78, 5) is 3.95. The Balaban J connectivity index is 3.04. The number of nitrogens with two attached hydrogens (primary N) is 1. The second kappa shape index (κ2) is 3.83. The van der Waals surface area contributed by atoms with Crippen molar-refractivity contribution in [3.8, 4) is 5.88 Å². The number of hydrogen-bond acceptors (Lipinski definition) is 3. The highest BCUT2D eigenvalue weighted by atomic mass is 35.5. The van der Waals surface area contributed by atoms with Gasteiger partial charge in [0.05, 0.1) is 5.02 Å². The zero-order valence-corrected chi connectivity index (χ0v) is 9.78. The highest BCUT2D eigenvalue weighted by molar-refractivity contribution is 6.36. The van der Waals surface area contributed by atoms with Crippen molar-refractivity contribution in [2.24, 2.45) is 0 Å². The van der Waals surface area contributed by atoms with Crippen molar-refractivity contribution >= 4 is 29.0 Å². The fraction of sp³-hybridized carbons (Fsp3) is 0.444. The lowest BCUT2D eigenvalue weighted by Gasteiger charge is -2.21. The van der Waals surface area contributed by atoms with Gasteiger partial charge in [0, 0.05) is 0 Å². The van der Waals surface area contributed by atoms with Gasteiger partial charge in [0.1, 0.15) is 16.4 Å². The number of pyridine rings is 1. The summed E-state index contributed by atoms with van der Waals surface area (Å²) < 4.78 is 5.49. The van der Waals surface area contributed by atoms with E-state index in [0.29, 0.717) is 15.9 Å². The largest absolute Gasteiger partial charge is 0.471 e. The number of anilines is 1. The van der Waals surface area contributed by atoms with Gasteiger partial charge in [-0.2, -0.15) is 4.98 Å². The second-order valence-corrected chi connectivity index (χ2v) is 4.67. The van der Waals surface area contributed by atoms with Crippen molar-refractivity contribution in [2.45, 2.75) is 26.4 Å². The van der Waals surface area contributed by atoms with Crippen LogP contribution in [-0.4, -0.2) is 10.6 Å². The predicted octanol–water partition coefficient (Wildman–Crippen LogP) is 3.15. The summed E-state index contributed by atoms with van der Waals surface area (Å²) in [5.41, 5.74) is 5.16. The molecule has 2 N–H and O–H groups in total. The Morgan fingerprint density at radius 3 is 2.36 bits per heavy atom. The molecule has 0 fully saturated rings. The number of nitrogens with zero attached hydrogens (tertiary/aromatic N) is 1. The molecule has 1 rings (SSSR count). The maximum absolute atomic E-state index is 5.88. The quantitative estimate of drug-likeness (QED) is 0.813. The summed E-state index contributed by atoms with van der Waals surface area (Å²) in [7, 11) is 0. The van der Waals surface area contributed by atoms with Gasteiger partial charge >= 0.3 is 0 Å². The smallest absolute Gasteiger partial charge is 0.235 e. The molecule has 0 aliphatic carbocycles. The number of aromatic nitrogens is 1. The fourth-order valence-corrected chi connectivity index (χ4v) is 1.22. The maximum atomic E-state index is 5.88. The molecule has 0 amide bonds. The van der Waals surface area contributed by atoms with E-state index in [1.165, 1.54) is 6.07 Å². The Hall–Kier alpha value is -0.670. The Labute approximate surface area is 93.2 Å². The number of hydrogen-bond donors (Lipinski definition) is 1. The maximum Gasteiger partial charge on any atom is 0.235 e. The first-order valence-electron chi connectivity index (χ1n) is 4.10. The molecular formula is C9H12Cl2N2O. The number of halogens is 2. The van der Waals surface area contributed by atoms with Gasteiger partial charge in [-0.1, -0.05) is 23.2 Å². The van der Waals surface area contributed by atoms with E-state index in [0.717, 1.165) is 0 Å². The first kappa shape index (κ1) is 11.4. The van der Waals surface area contributed by atoms with Gasteiger partial charge in [-0.05, 0) is 26.8 Å². The van der Waals surface area contributed by atoms with Crippen LogP contribution in [0.4, 0.5) is 5.82 Å². The van der Waals surface area contributed by atoms with Crippen LogP contribution in [0.2, 0.25) is 10.0 Å². The standard InChI is InChI=1S/C9H12Cl2N2O/c1-9(2,3)14-8-6(11)4-5(10)7(12)13-8/h4H,1-3H3,(H2,12,13). The highest BCUT2D eigenvalue weighted by Gasteiger charge is 2.16. The Kier molecular flexibility index (Phi) is 3.12. The lowest BCUT2D eigenvalue weighted by molar-refractivity contribution is 0.124. The zero-order chi connectivity index (χ0) is 10.9. The van der Waals surface area contributed by atoms with E-state index in [1.807, 2.05) is 20.8 Å². The number of ether oxygens (including phenoxy) is 1. The van der Waals surface area contributed by atoms with E-state index in [2.05, 4.69) is 4.98 Å². The Morgan fingerprint density at radius 2 is 1.86 bits per heavy atom. The molecule has 14 heavy (non-hydrogen) atoms. The Bertz CT molecular complexity index is 347. The minimum Gasteiger partial charge on any atom is -0.471 e. The Morgan fingerprint density at radius 1 is 1.29 bits per heavy atom. The summed E-state index contributed by atoms with van der Waals surface area (Å²) in [5.74, 6) is 0.524. The molecule has 0 saturated carbocycles. The van der Waals surface area contributed by atoms with Gasteiger partial charge in [0.25, 0.3) is 0 Å². The van der Waals surface area contributed by atoms with Gasteiger partial charge in [-0.3, -0.25) is 0 Å². The van der Waals surface area contributed by atoms with Gasteiger partial charge < -0.3 is 10.5 Å². The van der Waals surface area contributed by atoms with Gasteiger partial charge in [-0.15, -0.1) is 0 Å². The van der Waals surface area contributed by atoms with Crippen LogP contribution in [0.5, 0.6) is 5.88 Å². The average Bonchev–Trinajstić information content (AvgIpc) is 1.97. The molecule has 0 unspecified atom stereocenters. The first-order chi connectivity index (χ1) is 6.29. The lowest BCUT2D eigenvalue weighted by atomic mass is 10.2. The molecule has 0 saturated heterocycles. The number of rotatable bonds is 1. The molecule has 0 spiro atoms. The van der Waals surface area contributed by atoms with Crippen molar-refractivity contribution in [3.05, 3.63) is 16.1 Å². The number of nitrogen functional groups attached to an aromatic ring is 1. The molecule has 0 bridgehead atoms. The SMILES string of the molecule is CC(C)(C)Oc1nc(N)c(Cl)cc1Cl. The predicted molar refractivity (Wildman–Crippen MR) is 59.1 cm³/mol. The molecular weight excluding hydrogens is 223 g/mol. The average molecular weight is 235 g/mol. The van der Waals surface area contributed by atoms with Crippen LogP contribution in [0, 0.1) is 0 Å². The van der Waals surface area contributed by atoms with Crippen molar-refractivity contribution in [2.75, 3.05) is 5.73 Å². The van der Waals surface area contributed by atoms with Crippen molar-refractivity contribution < 1.29 is 4.74 Å². The summed E-state index contributed by atoms with van der Waals surface area (Å²) >= 11 is 11.6.